The number of benzene rings is 1. The van der Waals surface area contributed by atoms with Crippen molar-refractivity contribution in [1.29, 1.82) is 0 Å². The van der Waals surface area contributed by atoms with Gasteiger partial charge >= 0.3 is 0 Å². The number of amides is 1. The van der Waals surface area contributed by atoms with Gasteiger partial charge in [0, 0.05) is 39.3 Å². The van der Waals surface area contributed by atoms with E-state index < -0.39 is 0 Å². The molecule has 154 valence electrons. The highest BCUT2D eigenvalue weighted by atomic mass is 79.9. The van der Waals surface area contributed by atoms with Gasteiger partial charge in [-0.2, -0.15) is 5.10 Å². The third-order valence-electron chi connectivity index (χ3n) is 5.11. The molecule has 0 radical (unpaired) electrons. The van der Waals surface area contributed by atoms with Crippen molar-refractivity contribution in [3.63, 3.8) is 0 Å². The lowest BCUT2D eigenvalue weighted by atomic mass is 10.1. The van der Waals surface area contributed by atoms with Crippen LogP contribution in [0, 0.1) is 0 Å². The van der Waals surface area contributed by atoms with Crippen LogP contribution in [0.15, 0.2) is 39.2 Å². The maximum Gasteiger partial charge on any atom is 0.281 e. The Balaban J connectivity index is 1.60. The van der Waals surface area contributed by atoms with Crippen LogP contribution >= 0.6 is 50.5 Å². The zero-order valence-electron chi connectivity index (χ0n) is 15.7. The Morgan fingerprint density at radius 3 is 2.59 bits per heavy atom. The highest BCUT2D eigenvalue weighted by Crippen LogP contribution is 2.42. The Morgan fingerprint density at radius 1 is 1.17 bits per heavy atom. The summed E-state index contributed by atoms with van der Waals surface area (Å²) in [5, 5.41) is 11.7. The summed E-state index contributed by atoms with van der Waals surface area (Å²) in [7, 11) is 0. The lowest BCUT2D eigenvalue weighted by Crippen LogP contribution is -2.45. The summed E-state index contributed by atoms with van der Waals surface area (Å²) in [5.41, 5.74) is 4.30. The normalized spacial score (nSPS) is 20.4. The summed E-state index contributed by atoms with van der Waals surface area (Å²) in [5.74, 6) is -0.139. The second-order valence-electron chi connectivity index (χ2n) is 7.22. The van der Waals surface area contributed by atoms with Crippen LogP contribution in [0.3, 0.4) is 0 Å². The van der Waals surface area contributed by atoms with Crippen molar-refractivity contribution in [1.82, 2.24) is 10.4 Å². The summed E-state index contributed by atoms with van der Waals surface area (Å²) < 4.78 is 1.02. The summed E-state index contributed by atoms with van der Waals surface area (Å²) in [6, 6.07) is 7.31. The second-order valence-corrected chi connectivity index (χ2v) is 9.92. The first-order chi connectivity index (χ1) is 14.0. The minimum absolute atomic E-state index is 0.0881. The number of nitrogens with zero attached hydrogens (tertiary/aromatic N) is 3. The number of halogens is 3. The van der Waals surface area contributed by atoms with Gasteiger partial charge in [0.05, 0.1) is 16.8 Å². The van der Waals surface area contributed by atoms with Gasteiger partial charge in [-0.3, -0.25) is 15.2 Å². The zero-order valence-corrected chi connectivity index (χ0v) is 19.6. The first kappa shape index (κ1) is 21.1. The Kier molecular flexibility index (Phi) is 6.81. The fourth-order valence-corrected chi connectivity index (χ4v) is 5.68. The van der Waals surface area contributed by atoms with Gasteiger partial charge in [0.25, 0.3) is 5.91 Å². The lowest BCUT2D eigenvalue weighted by molar-refractivity contribution is -0.119. The van der Waals surface area contributed by atoms with Crippen LogP contribution in [0.1, 0.15) is 43.0 Å². The quantitative estimate of drug-likeness (QED) is 0.540. The second kappa shape index (κ2) is 9.35. The monoisotopic (exact) mass is 514 g/mol. The molecule has 0 saturated carbocycles. The molecule has 4 rings (SSSR count). The highest BCUT2D eigenvalue weighted by Gasteiger charge is 2.34. The topological polar surface area (TPSA) is 47.9 Å². The molecule has 1 N–H and O–H groups in total. The number of hydrogen-bond acceptors (Lipinski definition) is 5. The van der Waals surface area contributed by atoms with E-state index in [0.29, 0.717) is 22.2 Å². The van der Waals surface area contributed by atoms with E-state index in [9.17, 15) is 4.79 Å². The first-order valence-electron chi connectivity index (χ1n) is 9.63. The molecule has 1 fully saturated rings. The van der Waals surface area contributed by atoms with Crippen LogP contribution in [-0.2, 0) is 4.79 Å². The predicted octanol–water partition coefficient (Wildman–Crippen LogP) is 6.03. The van der Waals surface area contributed by atoms with E-state index in [-0.39, 0.29) is 11.9 Å². The van der Waals surface area contributed by atoms with E-state index in [4.69, 9.17) is 23.2 Å². The van der Waals surface area contributed by atoms with Crippen molar-refractivity contribution >= 4 is 67.8 Å². The summed E-state index contributed by atoms with van der Waals surface area (Å²) in [6.07, 6.45) is 5.15. The highest BCUT2D eigenvalue weighted by molar-refractivity contribution is 9.10. The Morgan fingerprint density at radius 2 is 1.93 bits per heavy atom. The molecule has 5 nitrogen and oxygen atoms in total. The van der Waals surface area contributed by atoms with Gasteiger partial charge in [0.2, 0.25) is 0 Å². The van der Waals surface area contributed by atoms with Crippen molar-refractivity contribution in [2.75, 3.05) is 18.1 Å². The number of nitrogens with one attached hydrogen (secondary N) is 1. The van der Waals surface area contributed by atoms with Gasteiger partial charge in [0.15, 0.2) is 0 Å². The maximum atomic E-state index is 13.0. The van der Waals surface area contributed by atoms with Crippen LogP contribution in [-0.4, -0.2) is 29.7 Å². The number of rotatable bonds is 4. The maximum absolute atomic E-state index is 13.0. The molecule has 0 aliphatic carbocycles. The van der Waals surface area contributed by atoms with Gasteiger partial charge in [-0.25, -0.2) is 5.01 Å². The van der Waals surface area contributed by atoms with Gasteiger partial charge in [0.1, 0.15) is 5.71 Å². The number of thiophene rings is 1. The average molecular weight is 516 g/mol. The molecule has 2 aromatic rings. The van der Waals surface area contributed by atoms with Crippen LogP contribution in [0.4, 0.5) is 5.69 Å². The number of carbonyl (C=O) groups excluding carboxylic acids is 1. The molecule has 1 saturated heterocycles. The van der Waals surface area contributed by atoms with E-state index in [1.165, 1.54) is 12.8 Å². The van der Waals surface area contributed by atoms with Crippen molar-refractivity contribution in [2.24, 2.45) is 5.10 Å². The molecular formula is C20H21BrCl2N4OS. The number of hydrogen-bond donors (Lipinski definition) is 1. The van der Waals surface area contributed by atoms with Gasteiger partial charge in [-0.15, -0.1) is 11.3 Å². The number of carbonyl (C=O) groups is 1. The van der Waals surface area contributed by atoms with Crippen LogP contribution in [0.2, 0.25) is 10.0 Å². The molecular weight excluding hydrogens is 495 g/mol. The summed E-state index contributed by atoms with van der Waals surface area (Å²) in [4.78, 5) is 14.1. The van der Waals surface area contributed by atoms with Crippen molar-refractivity contribution in [2.45, 2.75) is 38.1 Å². The molecule has 2 aliphatic rings. The minimum atomic E-state index is -0.139. The molecule has 0 bridgehead atoms. The third kappa shape index (κ3) is 4.97. The molecule has 1 aromatic heterocycles. The predicted molar refractivity (Wildman–Crippen MR) is 124 cm³/mol. The number of hydrazine groups is 1. The zero-order chi connectivity index (χ0) is 20.4. The van der Waals surface area contributed by atoms with Gasteiger partial charge in [-0.1, -0.05) is 36.0 Å². The molecule has 1 atom stereocenters. The van der Waals surface area contributed by atoms with E-state index in [2.05, 4.69) is 32.5 Å². The third-order valence-corrected chi connectivity index (χ3v) is 7.44. The van der Waals surface area contributed by atoms with E-state index in [1.54, 1.807) is 23.5 Å². The largest absolute Gasteiger partial charge is 0.284 e. The molecule has 0 spiro atoms. The van der Waals surface area contributed by atoms with E-state index in [0.717, 1.165) is 41.0 Å². The van der Waals surface area contributed by atoms with Crippen LogP contribution in [0.25, 0.3) is 0 Å². The molecule has 3 heterocycles. The minimum Gasteiger partial charge on any atom is -0.284 e. The molecule has 1 aromatic carbocycles. The van der Waals surface area contributed by atoms with Crippen molar-refractivity contribution in [3.05, 3.63) is 49.0 Å². The lowest BCUT2D eigenvalue weighted by Gasteiger charge is -2.23. The Labute approximate surface area is 192 Å². The molecule has 9 heteroatoms. The van der Waals surface area contributed by atoms with Gasteiger partial charge < -0.3 is 0 Å². The van der Waals surface area contributed by atoms with E-state index >= 15 is 0 Å². The summed E-state index contributed by atoms with van der Waals surface area (Å²) >= 11 is 17.7. The standard InChI is InChI=1S/C20H21BrCl2N4OS/c21-13-9-19(29-12-13)18-11-16(20(28)25-26-7-3-1-2-4-8-26)24-27(18)17-6-5-14(22)10-15(17)23/h5-6,9-10,12,18H,1-4,7-8,11H2,(H,25,28). The number of hydrazone groups is 1. The molecule has 1 amide bonds. The number of anilines is 1. The molecule has 29 heavy (non-hydrogen) atoms. The SMILES string of the molecule is O=C(NN1CCCCCC1)C1=NN(c2ccc(Cl)cc2Cl)C(c2cc(Br)cs2)C1. The molecule has 1 unspecified atom stereocenters. The van der Waals surface area contributed by atoms with E-state index in [1.807, 2.05) is 21.5 Å². The van der Waals surface area contributed by atoms with Crippen molar-refractivity contribution < 1.29 is 4.79 Å². The van der Waals surface area contributed by atoms with Crippen LogP contribution < -0.4 is 10.4 Å². The van der Waals surface area contributed by atoms with Gasteiger partial charge in [-0.05, 0) is 53.0 Å². The molecule has 2 aliphatic heterocycles. The Hall–Kier alpha value is -1.12. The average Bonchev–Trinajstić information content (AvgIpc) is 3.22. The Bertz CT molecular complexity index is 927. The fourth-order valence-electron chi connectivity index (χ4n) is 3.65. The van der Waals surface area contributed by atoms with Crippen molar-refractivity contribution in [3.8, 4) is 0 Å². The summed E-state index contributed by atoms with van der Waals surface area (Å²) in [6.45, 7) is 1.76. The fraction of sp³-hybridized carbons (Fsp3) is 0.400. The smallest absolute Gasteiger partial charge is 0.281 e. The first-order valence-corrected chi connectivity index (χ1v) is 12.1. The van der Waals surface area contributed by atoms with Crippen LogP contribution in [0.5, 0.6) is 0 Å².